The Morgan fingerprint density at radius 1 is 1.47 bits per heavy atom. The van der Waals surface area contributed by atoms with E-state index in [2.05, 4.69) is 15.9 Å². The highest BCUT2D eigenvalue weighted by Crippen LogP contribution is 2.35. The van der Waals surface area contributed by atoms with E-state index in [0.29, 0.717) is 16.5 Å². The minimum absolute atomic E-state index is 0. The number of nitrogen functional groups attached to an aromatic ring is 1. The smallest absolute Gasteiger partial charge is 0.143 e. The lowest BCUT2D eigenvalue weighted by molar-refractivity contribution is 0.301. The van der Waals surface area contributed by atoms with Crippen LogP contribution in [0.2, 0.25) is 5.02 Å². The highest BCUT2D eigenvalue weighted by atomic mass is 79.9. The molecule has 0 unspecified atom stereocenters. The van der Waals surface area contributed by atoms with Crippen molar-refractivity contribution in [1.82, 2.24) is 0 Å². The molecular formula is C10H12BrCl2NO. The molecule has 0 saturated heterocycles. The Morgan fingerprint density at radius 3 is 2.73 bits per heavy atom. The summed E-state index contributed by atoms with van der Waals surface area (Å²) in [6.07, 6.45) is 2.54. The van der Waals surface area contributed by atoms with E-state index in [-0.39, 0.29) is 12.4 Å². The second-order valence-electron chi connectivity index (χ2n) is 3.56. The van der Waals surface area contributed by atoms with Gasteiger partial charge >= 0.3 is 0 Å². The van der Waals surface area contributed by atoms with Crippen LogP contribution in [0.25, 0.3) is 0 Å². The third-order valence-corrected chi connectivity index (χ3v) is 3.42. The molecular weight excluding hydrogens is 301 g/mol. The molecule has 0 atom stereocenters. The van der Waals surface area contributed by atoms with E-state index in [9.17, 15) is 0 Å². The van der Waals surface area contributed by atoms with Gasteiger partial charge in [-0.3, -0.25) is 0 Å². The van der Waals surface area contributed by atoms with E-state index in [0.717, 1.165) is 17.0 Å². The number of ether oxygens (including phenoxy) is 1. The molecule has 1 fully saturated rings. The Bertz CT molecular complexity index is 356. The highest BCUT2D eigenvalue weighted by molar-refractivity contribution is 9.10. The summed E-state index contributed by atoms with van der Waals surface area (Å²) in [6, 6.07) is 3.52. The number of hydrogen-bond acceptors (Lipinski definition) is 2. The fraction of sp³-hybridized carbons (Fsp3) is 0.400. The van der Waals surface area contributed by atoms with Crippen LogP contribution in [0.3, 0.4) is 0 Å². The number of anilines is 1. The molecule has 0 bridgehead atoms. The van der Waals surface area contributed by atoms with Crippen LogP contribution in [0.15, 0.2) is 16.6 Å². The van der Waals surface area contributed by atoms with Gasteiger partial charge in [0.25, 0.3) is 0 Å². The number of halogens is 3. The molecule has 0 radical (unpaired) electrons. The lowest BCUT2D eigenvalue weighted by Crippen LogP contribution is -2.01. The molecule has 0 spiro atoms. The summed E-state index contributed by atoms with van der Waals surface area (Å²) in [7, 11) is 0. The minimum Gasteiger partial charge on any atom is -0.491 e. The van der Waals surface area contributed by atoms with Crippen LogP contribution in [-0.4, -0.2) is 6.61 Å². The Morgan fingerprint density at radius 2 is 2.13 bits per heavy atom. The van der Waals surface area contributed by atoms with E-state index in [1.54, 1.807) is 6.07 Å². The van der Waals surface area contributed by atoms with Crippen molar-refractivity contribution in [3.8, 4) is 5.75 Å². The van der Waals surface area contributed by atoms with Gasteiger partial charge in [-0.1, -0.05) is 11.6 Å². The maximum Gasteiger partial charge on any atom is 0.143 e. The molecule has 2 nitrogen and oxygen atoms in total. The predicted octanol–water partition coefficient (Wildman–Crippen LogP) is 3.90. The van der Waals surface area contributed by atoms with Gasteiger partial charge in [-0.05, 0) is 46.8 Å². The first-order valence-corrected chi connectivity index (χ1v) is 5.71. The van der Waals surface area contributed by atoms with Gasteiger partial charge in [-0.2, -0.15) is 0 Å². The molecule has 0 heterocycles. The van der Waals surface area contributed by atoms with Gasteiger partial charge < -0.3 is 10.5 Å². The minimum atomic E-state index is 0. The van der Waals surface area contributed by atoms with Crippen LogP contribution in [-0.2, 0) is 0 Å². The molecule has 2 N–H and O–H groups in total. The van der Waals surface area contributed by atoms with Gasteiger partial charge in [0.15, 0.2) is 0 Å². The van der Waals surface area contributed by atoms with E-state index in [4.69, 9.17) is 22.1 Å². The average Bonchev–Trinajstić information content (AvgIpc) is 2.92. The van der Waals surface area contributed by atoms with Crippen molar-refractivity contribution in [2.24, 2.45) is 5.92 Å². The summed E-state index contributed by atoms with van der Waals surface area (Å²) in [6.45, 7) is 0.762. The van der Waals surface area contributed by atoms with Gasteiger partial charge in [0.05, 0.1) is 17.3 Å². The van der Waals surface area contributed by atoms with Gasteiger partial charge in [0.2, 0.25) is 0 Å². The zero-order chi connectivity index (χ0) is 10.1. The lowest BCUT2D eigenvalue weighted by atomic mass is 10.3. The summed E-state index contributed by atoms with van der Waals surface area (Å²) >= 11 is 9.21. The lowest BCUT2D eigenvalue weighted by Gasteiger charge is -2.09. The number of hydrogen-bond donors (Lipinski definition) is 1. The van der Waals surface area contributed by atoms with Crippen molar-refractivity contribution in [3.63, 3.8) is 0 Å². The summed E-state index contributed by atoms with van der Waals surface area (Å²) in [5.41, 5.74) is 6.36. The molecule has 1 saturated carbocycles. The molecule has 5 heteroatoms. The normalized spacial score (nSPS) is 14.5. The third kappa shape index (κ3) is 3.44. The second-order valence-corrected chi connectivity index (χ2v) is 4.82. The van der Waals surface area contributed by atoms with Crippen molar-refractivity contribution < 1.29 is 4.74 Å². The molecule has 0 aromatic heterocycles. The van der Waals surface area contributed by atoms with E-state index < -0.39 is 0 Å². The van der Waals surface area contributed by atoms with Crippen LogP contribution in [0.5, 0.6) is 5.75 Å². The highest BCUT2D eigenvalue weighted by Gasteiger charge is 2.22. The van der Waals surface area contributed by atoms with Crippen molar-refractivity contribution in [1.29, 1.82) is 0 Å². The van der Waals surface area contributed by atoms with Gasteiger partial charge in [-0.15, -0.1) is 12.4 Å². The second kappa shape index (κ2) is 5.28. The number of benzene rings is 1. The topological polar surface area (TPSA) is 35.2 Å². The van der Waals surface area contributed by atoms with Crippen LogP contribution < -0.4 is 10.5 Å². The third-order valence-electron chi connectivity index (χ3n) is 2.22. The molecule has 2 rings (SSSR count). The number of rotatable bonds is 3. The molecule has 84 valence electrons. The molecule has 1 aromatic rings. The van der Waals surface area contributed by atoms with Crippen molar-refractivity contribution in [3.05, 3.63) is 21.6 Å². The maximum absolute atomic E-state index is 5.88. The average molecular weight is 313 g/mol. The van der Waals surface area contributed by atoms with Crippen LogP contribution in [0, 0.1) is 5.92 Å². The number of nitrogens with two attached hydrogens (primary N) is 1. The standard InChI is InChI=1S/C10H11BrClNO.ClH/c11-7-3-10(9(13)4-8(7)12)14-5-6-1-2-6;/h3-4,6H,1-2,5,13H2;1H. The molecule has 1 aromatic carbocycles. The van der Waals surface area contributed by atoms with Crippen molar-refractivity contribution in [2.45, 2.75) is 12.8 Å². The summed E-state index contributed by atoms with van der Waals surface area (Å²) in [5, 5.41) is 0.612. The quantitative estimate of drug-likeness (QED) is 0.859. The Hall–Kier alpha value is -0.120. The fourth-order valence-electron chi connectivity index (χ4n) is 1.16. The largest absolute Gasteiger partial charge is 0.491 e. The maximum atomic E-state index is 5.88. The summed E-state index contributed by atoms with van der Waals surface area (Å²) in [5.74, 6) is 1.44. The Kier molecular flexibility index (Phi) is 4.56. The fourth-order valence-corrected chi connectivity index (χ4v) is 1.66. The Labute approximate surface area is 109 Å². The van der Waals surface area contributed by atoms with Gasteiger partial charge in [0, 0.05) is 4.47 Å². The zero-order valence-corrected chi connectivity index (χ0v) is 11.2. The van der Waals surface area contributed by atoms with Crippen LogP contribution >= 0.6 is 39.9 Å². The summed E-state index contributed by atoms with van der Waals surface area (Å²) in [4.78, 5) is 0. The molecule has 0 amide bonds. The van der Waals surface area contributed by atoms with E-state index in [1.807, 2.05) is 6.07 Å². The van der Waals surface area contributed by atoms with Gasteiger partial charge in [-0.25, -0.2) is 0 Å². The van der Waals surface area contributed by atoms with Crippen LogP contribution in [0.4, 0.5) is 5.69 Å². The molecule has 1 aliphatic carbocycles. The van der Waals surface area contributed by atoms with Crippen molar-refractivity contribution in [2.75, 3.05) is 12.3 Å². The van der Waals surface area contributed by atoms with E-state index >= 15 is 0 Å². The molecule has 1 aliphatic rings. The zero-order valence-electron chi connectivity index (χ0n) is 8.00. The molecule has 0 aliphatic heterocycles. The predicted molar refractivity (Wildman–Crippen MR) is 69.0 cm³/mol. The van der Waals surface area contributed by atoms with Crippen LogP contribution in [0.1, 0.15) is 12.8 Å². The first kappa shape index (κ1) is 12.9. The Balaban J connectivity index is 0.00000112. The first-order chi connectivity index (χ1) is 6.66. The van der Waals surface area contributed by atoms with Crippen molar-refractivity contribution >= 4 is 45.6 Å². The monoisotopic (exact) mass is 311 g/mol. The van der Waals surface area contributed by atoms with E-state index in [1.165, 1.54) is 12.8 Å². The first-order valence-electron chi connectivity index (χ1n) is 4.54. The summed E-state index contributed by atoms with van der Waals surface area (Å²) < 4.78 is 6.40. The molecule has 15 heavy (non-hydrogen) atoms. The SMILES string of the molecule is Cl.Nc1cc(Cl)c(Br)cc1OCC1CC1. The van der Waals surface area contributed by atoms with Gasteiger partial charge in [0.1, 0.15) is 5.75 Å².